The molecule has 3 heterocycles. The molecule has 3 rings (SSSR count). The Labute approximate surface area is 146 Å². The number of nitrogens with zero attached hydrogens (tertiary/aromatic N) is 4. The third-order valence-electron chi connectivity index (χ3n) is 4.40. The number of anilines is 1. The molecule has 2 aliphatic rings. The molecular weight excluding hydrogens is 326 g/mol. The second kappa shape index (κ2) is 7.18. The summed E-state index contributed by atoms with van der Waals surface area (Å²) < 4.78 is 0. The van der Waals surface area contributed by atoms with Crippen LogP contribution in [0.5, 0.6) is 0 Å². The maximum absolute atomic E-state index is 12.2. The number of carbonyl (C=O) groups is 1. The molecule has 0 bridgehead atoms. The predicted octanol–water partition coefficient (Wildman–Crippen LogP) is 2.79. The predicted molar refractivity (Wildman–Crippen MR) is 92.9 cm³/mol. The highest BCUT2D eigenvalue weighted by Crippen LogP contribution is 2.37. The van der Waals surface area contributed by atoms with E-state index in [-0.39, 0.29) is 11.9 Å². The molecule has 1 aromatic heterocycles. The molecule has 6 nitrogen and oxygen atoms in total. The molecule has 126 valence electrons. The van der Waals surface area contributed by atoms with Crippen molar-refractivity contribution in [1.82, 2.24) is 10.3 Å². The standard InChI is InChI=1S/C17H20ClN5O/c1-2-3-8-17(21-22-17)9-6-15(24)20-13-7-11-23(12-13)16-14(18)5-4-10-19-16/h1,4-5,10,13H,3,6-9,11-12H2,(H,20,24). The molecule has 1 unspecified atom stereocenters. The van der Waals surface area contributed by atoms with Crippen LogP contribution in [-0.4, -0.2) is 35.7 Å². The quantitative estimate of drug-likeness (QED) is 0.772. The van der Waals surface area contributed by atoms with Gasteiger partial charge in [-0.15, -0.1) is 12.3 Å². The first-order valence-electron chi connectivity index (χ1n) is 8.14. The highest BCUT2D eigenvalue weighted by Gasteiger charge is 2.39. The Morgan fingerprint density at radius 3 is 3.04 bits per heavy atom. The zero-order valence-corrected chi connectivity index (χ0v) is 14.2. The largest absolute Gasteiger partial charge is 0.353 e. The van der Waals surface area contributed by atoms with E-state index < -0.39 is 5.66 Å². The van der Waals surface area contributed by atoms with Crippen molar-refractivity contribution >= 4 is 23.3 Å². The minimum absolute atomic E-state index is 0.0337. The van der Waals surface area contributed by atoms with Gasteiger partial charge < -0.3 is 10.2 Å². The second-order valence-electron chi connectivity index (χ2n) is 6.19. The summed E-state index contributed by atoms with van der Waals surface area (Å²) in [6, 6.07) is 3.75. The maximum atomic E-state index is 12.2. The first kappa shape index (κ1) is 16.7. The van der Waals surface area contributed by atoms with Crippen molar-refractivity contribution in [3.8, 4) is 12.3 Å². The van der Waals surface area contributed by atoms with Gasteiger partial charge in [0.2, 0.25) is 5.91 Å². The van der Waals surface area contributed by atoms with Crippen LogP contribution in [0.15, 0.2) is 28.6 Å². The van der Waals surface area contributed by atoms with E-state index in [0.29, 0.717) is 24.3 Å². The number of carbonyl (C=O) groups excluding carboxylic acids is 1. The molecular formula is C17H20ClN5O. The smallest absolute Gasteiger partial charge is 0.220 e. The van der Waals surface area contributed by atoms with E-state index in [1.807, 2.05) is 12.1 Å². The van der Waals surface area contributed by atoms with Crippen LogP contribution in [0.2, 0.25) is 5.02 Å². The molecule has 0 saturated carbocycles. The molecule has 24 heavy (non-hydrogen) atoms. The van der Waals surface area contributed by atoms with Crippen molar-refractivity contribution in [2.75, 3.05) is 18.0 Å². The van der Waals surface area contributed by atoms with Crippen LogP contribution in [0.4, 0.5) is 5.82 Å². The van der Waals surface area contributed by atoms with Gasteiger partial charge in [-0.25, -0.2) is 4.98 Å². The van der Waals surface area contributed by atoms with Gasteiger partial charge in [0.15, 0.2) is 5.66 Å². The summed E-state index contributed by atoms with van der Waals surface area (Å²) in [5.74, 6) is 3.40. The fraction of sp³-hybridized carbons (Fsp3) is 0.529. The van der Waals surface area contributed by atoms with Crippen LogP contribution in [0.25, 0.3) is 0 Å². The van der Waals surface area contributed by atoms with Crippen molar-refractivity contribution in [3.63, 3.8) is 0 Å². The summed E-state index contributed by atoms with van der Waals surface area (Å²) in [6.07, 6.45) is 10.3. The number of terminal acetylenes is 1. The second-order valence-corrected chi connectivity index (χ2v) is 6.60. The molecule has 7 heteroatoms. The van der Waals surface area contributed by atoms with Crippen LogP contribution in [-0.2, 0) is 4.79 Å². The number of amides is 1. The Morgan fingerprint density at radius 2 is 2.33 bits per heavy atom. The highest BCUT2D eigenvalue weighted by molar-refractivity contribution is 6.32. The van der Waals surface area contributed by atoms with Crippen LogP contribution in [0, 0.1) is 12.3 Å². The first-order chi connectivity index (χ1) is 11.6. The van der Waals surface area contributed by atoms with Crippen molar-refractivity contribution < 1.29 is 4.79 Å². The number of hydrogen-bond donors (Lipinski definition) is 1. The molecule has 1 fully saturated rings. The molecule has 2 aliphatic heterocycles. The molecule has 1 aromatic rings. The number of pyridine rings is 1. The average Bonchev–Trinajstić information content (AvgIpc) is 3.21. The summed E-state index contributed by atoms with van der Waals surface area (Å²) in [5, 5.41) is 11.8. The minimum atomic E-state index is -0.396. The van der Waals surface area contributed by atoms with Crippen molar-refractivity contribution in [2.45, 2.75) is 43.8 Å². The van der Waals surface area contributed by atoms with Crippen LogP contribution in [0.3, 0.4) is 0 Å². The zero-order chi connectivity index (χ0) is 17.0. The van der Waals surface area contributed by atoms with Crippen LogP contribution >= 0.6 is 11.6 Å². The fourth-order valence-electron chi connectivity index (χ4n) is 2.96. The summed E-state index contributed by atoms with van der Waals surface area (Å²) >= 11 is 6.18. The number of nitrogens with one attached hydrogen (secondary N) is 1. The number of hydrogen-bond acceptors (Lipinski definition) is 5. The van der Waals surface area contributed by atoms with Gasteiger partial charge in [0.1, 0.15) is 5.82 Å². The monoisotopic (exact) mass is 345 g/mol. The zero-order valence-electron chi connectivity index (χ0n) is 13.4. The van der Waals surface area contributed by atoms with Gasteiger partial charge in [0, 0.05) is 51.0 Å². The molecule has 1 atom stereocenters. The lowest BCUT2D eigenvalue weighted by Gasteiger charge is -2.19. The molecule has 0 radical (unpaired) electrons. The molecule has 0 aliphatic carbocycles. The topological polar surface area (TPSA) is 70.0 Å². The van der Waals surface area contributed by atoms with E-state index >= 15 is 0 Å². The maximum Gasteiger partial charge on any atom is 0.220 e. The summed E-state index contributed by atoms with van der Waals surface area (Å²) in [7, 11) is 0. The summed E-state index contributed by atoms with van der Waals surface area (Å²) in [6.45, 7) is 1.55. The third kappa shape index (κ3) is 4.04. The number of rotatable bonds is 7. The normalized spacial score (nSPS) is 20.7. The number of halogens is 1. The van der Waals surface area contributed by atoms with Gasteiger partial charge in [-0.05, 0) is 18.6 Å². The van der Waals surface area contributed by atoms with E-state index in [2.05, 4.69) is 31.3 Å². The van der Waals surface area contributed by atoms with Crippen molar-refractivity contribution in [2.24, 2.45) is 10.2 Å². The highest BCUT2D eigenvalue weighted by atomic mass is 35.5. The molecule has 0 spiro atoms. The van der Waals surface area contributed by atoms with Crippen LogP contribution in [0.1, 0.15) is 32.1 Å². The van der Waals surface area contributed by atoms with Gasteiger partial charge in [-0.3, -0.25) is 4.79 Å². The van der Waals surface area contributed by atoms with E-state index in [1.54, 1.807) is 6.20 Å². The van der Waals surface area contributed by atoms with Gasteiger partial charge in [0.05, 0.1) is 5.02 Å². The SMILES string of the molecule is C#CCCC1(CCC(=O)NC2CCN(c3ncccc3Cl)C2)N=N1. The fourth-order valence-corrected chi connectivity index (χ4v) is 3.20. The van der Waals surface area contributed by atoms with E-state index in [1.165, 1.54) is 0 Å². The molecule has 0 aromatic carbocycles. The molecule has 1 saturated heterocycles. The molecule has 1 amide bonds. The Hall–Kier alpha value is -2.13. The lowest BCUT2D eigenvalue weighted by Crippen LogP contribution is -2.37. The Bertz CT molecular complexity index is 678. The average molecular weight is 346 g/mol. The Morgan fingerprint density at radius 1 is 1.50 bits per heavy atom. The first-order valence-corrected chi connectivity index (χ1v) is 8.52. The summed E-state index contributed by atoms with van der Waals surface area (Å²) in [5.41, 5.74) is -0.396. The third-order valence-corrected chi connectivity index (χ3v) is 4.69. The lowest BCUT2D eigenvalue weighted by atomic mass is 10.0. The van der Waals surface area contributed by atoms with E-state index in [9.17, 15) is 4.79 Å². The minimum Gasteiger partial charge on any atom is -0.353 e. The van der Waals surface area contributed by atoms with Crippen molar-refractivity contribution in [3.05, 3.63) is 23.4 Å². The Kier molecular flexibility index (Phi) is 5.00. The number of aromatic nitrogens is 1. The summed E-state index contributed by atoms with van der Waals surface area (Å²) in [4.78, 5) is 18.6. The lowest BCUT2D eigenvalue weighted by molar-refractivity contribution is -0.121. The Balaban J connectivity index is 1.43. The molecule has 1 N–H and O–H groups in total. The van der Waals surface area contributed by atoms with Gasteiger partial charge in [-0.1, -0.05) is 11.6 Å². The van der Waals surface area contributed by atoms with Gasteiger partial charge in [-0.2, -0.15) is 10.2 Å². The van der Waals surface area contributed by atoms with Crippen LogP contribution < -0.4 is 10.2 Å². The van der Waals surface area contributed by atoms with Gasteiger partial charge in [0.25, 0.3) is 0 Å². The van der Waals surface area contributed by atoms with Gasteiger partial charge >= 0.3 is 0 Å². The van der Waals surface area contributed by atoms with E-state index in [0.717, 1.165) is 31.7 Å². The van der Waals surface area contributed by atoms with Crippen molar-refractivity contribution in [1.29, 1.82) is 0 Å². The van der Waals surface area contributed by atoms with E-state index in [4.69, 9.17) is 18.0 Å².